The number of aryl methyl sites for hydroxylation is 1. The molecule has 7 heteroatoms. The van der Waals surface area contributed by atoms with E-state index in [2.05, 4.69) is 10.3 Å². The van der Waals surface area contributed by atoms with Gasteiger partial charge in [-0.2, -0.15) is 0 Å². The van der Waals surface area contributed by atoms with Crippen LogP contribution in [0.3, 0.4) is 0 Å². The Labute approximate surface area is 119 Å². The van der Waals surface area contributed by atoms with Gasteiger partial charge in [-0.05, 0) is 25.1 Å². The third-order valence-electron chi connectivity index (χ3n) is 2.32. The molecule has 0 bridgehead atoms. The summed E-state index contributed by atoms with van der Waals surface area (Å²) in [4.78, 5) is 27.3. The second-order valence-electron chi connectivity index (χ2n) is 4.04. The van der Waals surface area contributed by atoms with Crippen molar-refractivity contribution in [3.8, 4) is 0 Å². The van der Waals surface area contributed by atoms with Crippen molar-refractivity contribution < 1.29 is 14.3 Å². The number of nitrogens with two attached hydrogens (primary N) is 1. The predicted octanol–water partition coefficient (Wildman–Crippen LogP) is 1.83. The number of ether oxygens (including phenoxy) is 1. The second kappa shape index (κ2) is 6.16. The zero-order valence-corrected chi connectivity index (χ0v) is 11.6. The molecule has 20 heavy (non-hydrogen) atoms. The molecule has 0 atom stereocenters. The summed E-state index contributed by atoms with van der Waals surface area (Å²) >= 11 is 1.31. The van der Waals surface area contributed by atoms with Crippen LogP contribution in [-0.4, -0.2) is 23.5 Å². The summed E-state index contributed by atoms with van der Waals surface area (Å²) in [6.07, 6.45) is 0. The molecule has 1 heterocycles. The van der Waals surface area contributed by atoms with Crippen LogP contribution in [-0.2, 0) is 9.53 Å². The first-order valence-electron chi connectivity index (χ1n) is 5.79. The van der Waals surface area contributed by atoms with Crippen LogP contribution < -0.4 is 11.1 Å². The molecule has 3 N–H and O–H groups in total. The van der Waals surface area contributed by atoms with Gasteiger partial charge in [-0.3, -0.25) is 10.1 Å². The van der Waals surface area contributed by atoms with Gasteiger partial charge in [0, 0.05) is 11.1 Å². The van der Waals surface area contributed by atoms with E-state index < -0.39 is 11.9 Å². The van der Waals surface area contributed by atoms with Crippen molar-refractivity contribution in [2.75, 3.05) is 17.7 Å². The van der Waals surface area contributed by atoms with E-state index in [4.69, 9.17) is 10.5 Å². The molecular weight excluding hydrogens is 278 g/mol. The van der Waals surface area contributed by atoms with Gasteiger partial charge in [0.05, 0.1) is 11.3 Å². The number of anilines is 2. The van der Waals surface area contributed by atoms with Crippen molar-refractivity contribution in [2.24, 2.45) is 0 Å². The van der Waals surface area contributed by atoms with Crippen molar-refractivity contribution in [1.29, 1.82) is 0 Å². The number of carbonyl (C=O) groups is 2. The number of esters is 1. The first-order valence-corrected chi connectivity index (χ1v) is 6.67. The Bertz CT molecular complexity index is 639. The van der Waals surface area contributed by atoms with E-state index in [0.717, 1.165) is 5.69 Å². The Balaban J connectivity index is 1.85. The average Bonchev–Trinajstić information content (AvgIpc) is 2.81. The average molecular weight is 291 g/mol. The third kappa shape index (κ3) is 3.79. The SMILES string of the molecule is Cc1csc(NC(=O)COC(=O)c2cccc(N)c2)n1. The fraction of sp³-hybridized carbons (Fsp3) is 0.154. The number of nitrogen functional groups attached to an aromatic ring is 1. The molecule has 0 aliphatic carbocycles. The molecule has 2 aromatic rings. The summed E-state index contributed by atoms with van der Waals surface area (Å²) in [5, 5.41) is 4.84. The van der Waals surface area contributed by atoms with E-state index in [-0.39, 0.29) is 6.61 Å². The third-order valence-corrected chi connectivity index (χ3v) is 3.20. The lowest BCUT2D eigenvalue weighted by molar-refractivity contribution is -0.119. The van der Waals surface area contributed by atoms with E-state index >= 15 is 0 Å². The van der Waals surface area contributed by atoms with Crippen LogP contribution in [0.5, 0.6) is 0 Å². The molecule has 1 aromatic heterocycles. The molecule has 0 radical (unpaired) electrons. The maximum atomic E-state index is 11.7. The maximum Gasteiger partial charge on any atom is 0.338 e. The van der Waals surface area contributed by atoms with Crippen molar-refractivity contribution in [3.05, 3.63) is 40.9 Å². The van der Waals surface area contributed by atoms with Crippen LogP contribution in [0.4, 0.5) is 10.8 Å². The van der Waals surface area contributed by atoms with Gasteiger partial charge in [-0.1, -0.05) is 6.07 Å². The van der Waals surface area contributed by atoms with Crippen molar-refractivity contribution in [2.45, 2.75) is 6.92 Å². The van der Waals surface area contributed by atoms with E-state index in [0.29, 0.717) is 16.4 Å². The quantitative estimate of drug-likeness (QED) is 0.662. The lowest BCUT2D eigenvalue weighted by atomic mass is 10.2. The first kappa shape index (κ1) is 14.0. The number of hydrogen-bond donors (Lipinski definition) is 2. The van der Waals surface area contributed by atoms with Crippen molar-refractivity contribution >= 4 is 34.0 Å². The summed E-state index contributed by atoms with van der Waals surface area (Å²) in [5.41, 5.74) is 7.15. The van der Waals surface area contributed by atoms with Gasteiger partial charge in [-0.25, -0.2) is 9.78 Å². The number of carbonyl (C=O) groups excluding carboxylic acids is 2. The minimum atomic E-state index is -0.595. The van der Waals surface area contributed by atoms with E-state index in [1.54, 1.807) is 18.2 Å². The molecule has 2 rings (SSSR count). The second-order valence-corrected chi connectivity index (χ2v) is 4.90. The highest BCUT2D eigenvalue weighted by Gasteiger charge is 2.11. The highest BCUT2D eigenvalue weighted by Crippen LogP contribution is 2.14. The molecule has 0 unspecified atom stereocenters. The summed E-state index contributed by atoms with van der Waals surface area (Å²) in [6.45, 7) is 1.46. The van der Waals surface area contributed by atoms with Gasteiger partial charge in [-0.15, -0.1) is 11.3 Å². The van der Waals surface area contributed by atoms with Gasteiger partial charge in [0.2, 0.25) is 0 Å². The molecule has 0 aliphatic rings. The van der Waals surface area contributed by atoms with E-state index in [1.807, 2.05) is 12.3 Å². The number of benzene rings is 1. The van der Waals surface area contributed by atoms with Crippen LogP contribution in [0.2, 0.25) is 0 Å². The van der Waals surface area contributed by atoms with Crippen LogP contribution in [0.15, 0.2) is 29.6 Å². The van der Waals surface area contributed by atoms with Crippen molar-refractivity contribution in [1.82, 2.24) is 4.98 Å². The number of hydrogen-bond acceptors (Lipinski definition) is 6. The zero-order chi connectivity index (χ0) is 14.5. The Hall–Kier alpha value is -2.41. The lowest BCUT2D eigenvalue weighted by Crippen LogP contribution is -2.20. The number of amides is 1. The zero-order valence-electron chi connectivity index (χ0n) is 10.8. The molecule has 6 nitrogen and oxygen atoms in total. The van der Waals surface area contributed by atoms with Gasteiger partial charge < -0.3 is 10.5 Å². The first-order chi connectivity index (χ1) is 9.54. The fourth-order valence-corrected chi connectivity index (χ4v) is 2.15. The van der Waals surface area contributed by atoms with Crippen LogP contribution in [0.1, 0.15) is 16.1 Å². The Morgan fingerprint density at radius 2 is 2.25 bits per heavy atom. The molecule has 0 spiro atoms. The Kier molecular flexibility index (Phi) is 4.31. The number of aromatic nitrogens is 1. The number of nitrogens with one attached hydrogen (secondary N) is 1. The molecule has 0 fully saturated rings. The summed E-state index contributed by atoms with van der Waals surface area (Å²) < 4.78 is 4.89. The van der Waals surface area contributed by atoms with Gasteiger partial charge >= 0.3 is 5.97 Å². The molecule has 104 valence electrons. The number of rotatable bonds is 4. The van der Waals surface area contributed by atoms with Crippen molar-refractivity contribution in [3.63, 3.8) is 0 Å². The molecular formula is C13H13N3O3S. The molecule has 0 aliphatic heterocycles. The summed E-state index contributed by atoms with van der Waals surface area (Å²) in [7, 11) is 0. The maximum absolute atomic E-state index is 11.7. The minimum Gasteiger partial charge on any atom is -0.452 e. The van der Waals surface area contributed by atoms with Gasteiger partial charge in [0.25, 0.3) is 5.91 Å². The van der Waals surface area contributed by atoms with Crippen LogP contribution in [0.25, 0.3) is 0 Å². The minimum absolute atomic E-state index is 0.308. The molecule has 1 amide bonds. The Morgan fingerprint density at radius 1 is 1.45 bits per heavy atom. The predicted molar refractivity (Wildman–Crippen MR) is 76.6 cm³/mol. The number of nitrogens with zero attached hydrogens (tertiary/aromatic N) is 1. The smallest absolute Gasteiger partial charge is 0.338 e. The van der Waals surface area contributed by atoms with E-state index in [1.165, 1.54) is 17.4 Å². The fourth-order valence-electron chi connectivity index (χ4n) is 1.45. The van der Waals surface area contributed by atoms with Gasteiger partial charge in [0.1, 0.15) is 0 Å². The normalized spacial score (nSPS) is 10.1. The summed E-state index contributed by atoms with van der Waals surface area (Å²) in [5.74, 6) is -1.03. The topological polar surface area (TPSA) is 94.3 Å². The largest absolute Gasteiger partial charge is 0.452 e. The van der Waals surface area contributed by atoms with Gasteiger partial charge in [0.15, 0.2) is 11.7 Å². The van der Waals surface area contributed by atoms with Crippen LogP contribution in [0, 0.1) is 6.92 Å². The highest BCUT2D eigenvalue weighted by atomic mass is 32.1. The lowest BCUT2D eigenvalue weighted by Gasteiger charge is -2.05. The number of thiazole rings is 1. The highest BCUT2D eigenvalue weighted by molar-refractivity contribution is 7.13. The monoisotopic (exact) mass is 291 g/mol. The molecule has 0 saturated carbocycles. The molecule has 0 saturated heterocycles. The molecule has 1 aromatic carbocycles. The summed E-state index contributed by atoms with van der Waals surface area (Å²) in [6, 6.07) is 6.36. The standard InChI is InChI=1S/C13H13N3O3S/c1-8-7-20-13(15-8)16-11(17)6-19-12(18)9-3-2-4-10(14)5-9/h2-5,7H,6,14H2,1H3,(H,15,16,17). The Morgan fingerprint density at radius 3 is 2.90 bits per heavy atom. The van der Waals surface area contributed by atoms with Crippen LogP contribution >= 0.6 is 11.3 Å². The van der Waals surface area contributed by atoms with E-state index in [9.17, 15) is 9.59 Å².